The van der Waals surface area contributed by atoms with Crippen molar-refractivity contribution in [3.05, 3.63) is 70.2 Å². The highest BCUT2D eigenvalue weighted by Gasteiger charge is 2.12. The van der Waals surface area contributed by atoms with Crippen molar-refractivity contribution in [2.45, 2.75) is 25.8 Å². The Hall–Kier alpha value is -1.45. The van der Waals surface area contributed by atoms with Gasteiger partial charge in [0.1, 0.15) is 11.6 Å². The maximum atomic E-state index is 13.3. The Morgan fingerprint density at radius 3 is 2.33 bits per heavy atom. The zero-order chi connectivity index (χ0) is 15.2. The summed E-state index contributed by atoms with van der Waals surface area (Å²) in [5.41, 5.74) is 1.67. The molecule has 0 spiro atoms. The van der Waals surface area contributed by atoms with Crippen LogP contribution in [0.3, 0.4) is 0 Å². The molecule has 0 saturated heterocycles. The van der Waals surface area contributed by atoms with Crippen LogP contribution >= 0.6 is 11.6 Å². The normalized spacial score (nSPS) is 12.4. The highest BCUT2D eigenvalue weighted by molar-refractivity contribution is 6.31. The highest BCUT2D eigenvalue weighted by Crippen LogP contribution is 2.18. The molecule has 0 fully saturated rings. The second kappa shape index (κ2) is 7.53. The molecule has 0 bridgehead atoms. The van der Waals surface area contributed by atoms with Crippen molar-refractivity contribution in [1.29, 1.82) is 0 Å². The van der Waals surface area contributed by atoms with Crippen LogP contribution in [0, 0.1) is 11.6 Å². The average molecular weight is 310 g/mol. The second-order valence-electron chi connectivity index (χ2n) is 5.03. The van der Waals surface area contributed by atoms with Gasteiger partial charge in [-0.05, 0) is 48.7 Å². The van der Waals surface area contributed by atoms with Gasteiger partial charge in [0.2, 0.25) is 0 Å². The number of hydrogen-bond acceptors (Lipinski definition) is 1. The zero-order valence-electron chi connectivity index (χ0n) is 11.9. The number of halogens is 3. The lowest BCUT2D eigenvalue weighted by Crippen LogP contribution is -2.33. The topological polar surface area (TPSA) is 12.0 Å². The van der Waals surface area contributed by atoms with Gasteiger partial charge in [0, 0.05) is 17.1 Å². The second-order valence-corrected chi connectivity index (χ2v) is 5.44. The lowest BCUT2D eigenvalue weighted by molar-refractivity contribution is 0.515. The summed E-state index contributed by atoms with van der Waals surface area (Å²) < 4.78 is 26.5. The molecule has 1 nitrogen and oxygen atoms in total. The fourth-order valence-electron chi connectivity index (χ4n) is 2.45. The van der Waals surface area contributed by atoms with E-state index in [2.05, 4.69) is 5.32 Å². The predicted octanol–water partition coefficient (Wildman–Crippen LogP) is 4.38. The molecule has 21 heavy (non-hydrogen) atoms. The molecular weight excluding hydrogens is 292 g/mol. The van der Waals surface area contributed by atoms with Crippen LogP contribution in [0.25, 0.3) is 0 Å². The molecule has 1 N–H and O–H groups in total. The van der Waals surface area contributed by atoms with Crippen molar-refractivity contribution in [2.75, 3.05) is 6.54 Å². The zero-order valence-corrected chi connectivity index (χ0v) is 12.6. The molecule has 0 aliphatic rings. The van der Waals surface area contributed by atoms with Crippen LogP contribution in [0.2, 0.25) is 5.02 Å². The molecule has 0 heterocycles. The van der Waals surface area contributed by atoms with Crippen molar-refractivity contribution in [1.82, 2.24) is 5.32 Å². The molecule has 0 aromatic heterocycles. The summed E-state index contributed by atoms with van der Waals surface area (Å²) in [5, 5.41) is 4.06. The number of likely N-dealkylation sites (N-methyl/N-ethyl adjacent to an activating group) is 1. The molecule has 2 rings (SSSR count). The predicted molar refractivity (Wildman–Crippen MR) is 82.7 cm³/mol. The largest absolute Gasteiger partial charge is 0.314 e. The molecule has 0 aliphatic carbocycles. The first-order valence-electron chi connectivity index (χ1n) is 7.00. The summed E-state index contributed by atoms with van der Waals surface area (Å²) in [6.07, 6.45) is 1.26. The van der Waals surface area contributed by atoms with E-state index < -0.39 is 11.6 Å². The van der Waals surface area contributed by atoms with Crippen LogP contribution in [0.1, 0.15) is 18.1 Å². The third-order valence-corrected chi connectivity index (χ3v) is 3.69. The standard InChI is InChI=1S/C17H18ClF2N/c1-2-21-16(10-13-5-3-4-6-17(13)18)9-12-7-14(19)11-15(20)8-12/h3-8,11,16,21H,2,9-10H2,1H3. The molecule has 1 atom stereocenters. The van der Waals surface area contributed by atoms with Gasteiger partial charge in [-0.3, -0.25) is 0 Å². The van der Waals surface area contributed by atoms with E-state index in [-0.39, 0.29) is 6.04 Å². The molecule has 0 amide bonds. The minimum atomic E-state index is -0.544. The van der Waals surface area contributed by atoms with E-state index in [1.807, 2.05) is 31.2 Å². The van der Waals surface area contributed by atoms with Gasteiger partial charge in [-0.15, -0.1) is 0 Å². The molecule has 2 aromatic rings. The van der Waals surface area contributed by atoms with Crippen LogP contribution in [-0.4, -0.2) is 12.6 Å². The number of benzene rings is 2. The van der Waals surface area contributed by atoms with Gasteiger partial charge in [0.05, 0.1) is 0 Å². The minimum Gasteiger partial charge on any atom is -0.314 e. The third-order valence-electron chi connectivity index (χ3n) is 3.32. The Labute approximate surface area is 128 Å². The average Bonchev–Trinajstić information content (AvgIpc) is 2.40. The Kier molecular flexibility index (Phi) is 5.71. The van der Waals surface area contributed by atoms with E-state index in [4.69, 9.17) is 11.6 Å². The lowest BCUT2D eigenvalue weighted by Gasteiger charge is -2.19. The number of nitrogens with one attached hydrogen (secondary N) is 1. The first-order chi connectivity index (χ1) is 10.1. The van der Waals surface area contributed by atoms with E-state index in [0.717, 1.165) is 18.2 Å². The molecule has 1 unspecified atom stereocenters. The highest BCUT2D eigenvalue weighted by atomic mass is 35.5. The van der Waals surface area contributed by atoms with Crippen LogP contribution in [0.5, 0.6) is 0 Å². The van der Waals surface area contributed by atoms with Crippen molar-refractivity contribution in [3.8, 4) is 0 Å². The molecule has 0 radical (unpaired) electrons. The van der Waals surface area contributed by atoms with E-state index in [0.29, 0.717) is 23.4 Å². The van der Waals surface area contributed by atoms with E-state index >= 15 is 0 Å². The summed E-state index contributed by atoms with van der Waals surface area (Å²) in [4.78, 5) is 0. The first kappa shape index (κ1) is 15.9. The van der Waals surface area contributed by atoms with Crippen molar-refractivity contribution < 1.29 is 8.78 Å². The monoisotopic (exact) mass is 309 g/mol. The van der Waals surface area contributed by atoms with Gasteiger partial charge in [-0.1, -0.05) is 36.7 Å². The summed E-state index contributed by atoms with van der Waals surface area (Å²) in [5.74, 6) is -1.09. The Bertz CT molecular complexity index is 581. The minimum absolute atomic E-state index is 0.0797. The van der Waals surface area contributed by atoms with Gasteiger partial charge in [0.15, 0.2) is 0 Å². The Balaban J connectivity index is 2.13. The summed E-state index contributed by atoms with van der Waals surface area (Å²) >= 11 is 6.17. The maximum absolute atomic E-state index is 13.3. The van der Waals surface area contributed by atoms with Gasteiger partial charge in [-0.2, -0.15) is 0 Å². The van der Waals surface area contributed by atoms with Gasteiger partial charge in [0.25, 0.3) is 0 Å². The molecule has 2 aromatic carbocycles. The van der Waals surface area contributed by atoms with E-state index in [9.17, 15) is 8.78 Å². The number of rotatable bonds is 6. The smallest absolute Gasteiger partial charge is 0.126 e. The quantitative estimate of drug-likeness (QED) is 0.835. The fourth-order valence-corrected chi connectivity index (χ4v) is 2.66. The third kappa shape index (κ3) is 4.80. The molecule has 0 aliphatic heterocycles. The van der Waals surface area contributed by atoms with Crippen LogP contribution in [0.4, 0.5) is 8.78 Å². The molecule has 4 heteroatoms. The Morgan fingerprint density at radius 1 is 1.05 bits per heavy atom. The van der Waals surface area contributed by atoms with Crippen LogP contribution in [0.15, 0.2) is 42.5 Å². The van der Waals surface area contributed by atoms with Crippen LogP contribution in [-0.2, 0) is 12.8 Å². The van der Waals surface area contributed by atoms with Gasteiger partial charge < -0.3 is 5.32 Å². The lowest BCUT2D eigenvalue weighted by atomic mass is 9.98. The van der Waals surface area contributed by atoms with Crippen molar-refractivity contribution in [2.24, 2.45) is 0 Å². The SMILES string of the molecule is CCNC(Cc1cc(F)cc(F)c1)Cc1ccccc1Cl. The van der Waals surface area contributed by atoms with Crippen LogP contribution < -0.4 is 5.32 Å². The van der Waals surface area contributed by atoms with Gasteiger partial charge in [-0.25, -0.2) is 8.78 Å². The summed E-state index contributed by atoms with van der Waals surface area (Å²) in [6, 6.07) is 11.4. The number of hydrogen-bond donors (Lipinski definition) is 1. The van der Waals surface area contributed by atoms with Crippen molar-refractivity contribution >= 4 is 11.6 Å². The molecular formula is C17H18ClF2N. The van der Waals surface area contributed by atoms with Gasteiger partial charge >= 0.3 is 0 Å². The molecule has 0 saturated carbocycles. The molecule has 112 valence electrons. The Morgan fingerprint density at radius 2 is 1.71 bits per heavy atom. The fraction of sp³-hybridized carbons (Fsp3) is 0.294. The van der Waals surface area contributed by atoms with E-state index in [1.165, 1.54) is 12.1 Å². The maximum Gasteiger partial charge on any atom is 0.126 e. The van der Waals surface area contributed by atoms with Crippen molar-refractivity contribution in [3.63, 3.8) is 0 Å². The first-order valence-corrected chi connectivity index (χ1v) is 7.38. The van der Waals surface area contributed by atoms with E-state index in [1.54, 1.807) is 0 Å². The summed E-state index contributed by atoms with van der Waals surface area (Å²) in [7, 11) is 0. The summed E-state index contributed by atoms with van der Waals surface area (Å²) in [6.45, 7) is 2.79.